The molecule has 2 heterocycles. The van der Waals surface area contributed by atoms with Crippen LogP contribution in [0.4, 0.5) is 0 Å². The van der Waals surface area contributed by atoms with Crippen molar-refractivity contribution < 1.29 is 13.2 Å². The van der Waals surface area contributed by atoms with Crippen LogP contribution in [0, 0.1) is 0 Å². The van der Waals surface area contributed by atoms with Crippen LogP contribution in [0.2, 0.25) is 0 Å². The Labute approximate surface area is 160 Å². The Hall–Kier alpha value is -2.29. The van der Waals surface area contributed by atoms with E-state index in [1.807, 2.05) is 17.0 Å². The summed E-state index contributed by atoms with van der Waals surface area (Å²) in [7, 11) is -0.512. The van der Waals surface area contributed by atoms with Crippen molar-refractivity contribution >= 4 is 15.9 Å². The SMILES string of the molecule is CN(C)S(=O)(=O)c1ccc(C(=O)N2CCN(Cc3ccncc3)CC2)cc1. The van der Waals surface area contributed by atoms with E-state index in [0.717, 1.165) is 23.9 Å². The largest absolute Gasteiger partial charge is 0.336 e. The van der Waals surface area contributed by atoms with Gasteiger partial charge >= 0.3 is 0 Å². The van der Waals surface area contributed by atoms with E-state index in [4.69, 9.17) is 0 Å². The minimum Gasteiger partial charge on any atom is -0.336 e. The number of amides is 1. The standard InChI is InChI=1S/C19H24N4O3S/c1-21(2)27(25,26)18-5-3-17(4-6-18)19(24)23-13-11-22(12-14-23)15-16-7-9-20-10-8-16/h3-10H,11-15H2,1-2H3. The molecule has 1 aliphatic rings. The molecule has 144 valence electrons. The molecule has 1 saturated heterocycles. The van der Waals surface area contributed by atoms with Gasteiger partial charge in [0, 0.05) is 64.8 Å². The zero-order chi connectivity index (χ0) is 19.4. The summed E-state index contributed by atoms with van der Waals surface area (Å²) in [5.74, 6) is -0.0626. The van der Waals surface area contributed by atoms with E-state index < -0.39 is 10.0 Å². The van der Waals surface area contributed by atoms with Crippen molar-refractivity contribution in [2.24, 2.45) is 0 Å². The molecule has 27 heavy (non-hydrogen) atoms. The van der Waals surface area contributed by atoms with Crippen LogP contribution in [0.15, 0.2) is 53.7 Å². The molecule has 0 spiro atoms. The lowest BCUT2D eigenvalue weighted by Crippen LogP contribution is -2.48. The number of aromatic nitrogens is 1. The van der Waals surface area contributed by atoms with E-state index in [1.54, 1.807) is 24.5 Å². The van der Waals surface area contributed by atoms with E-state index in [9.17, 15) is 13.2 Å². The molecule has 0 N–H and O–H groups in total. The molecule has 0 unspecified atom stereocenters. The number of carbonyl (C=O) groups is 1. The summed E-state index contributed by atoms with van der Waals surface area (Å²) in [4.78, 5) is 21.0. The van der Waals surface area contributed by atoms with Gasteiger partial charge in [-0.15, -0.1) is 0 Å². The third-order valence-corrected chi connectivity index (χ3v) is 6.52. The Bertz CT molecular complexity index is 875. The van der Waals surface area contributed by atoms with Gasteiger partial charge in [-0.05, 0) is 42.0 Å². The van der Waals surface area contributed by atoms with Crippen molar-refractivity contribution in [1.29, 1.82) is 0 Å². The van der Waals surface area contributed by atoms with Gasteiger partial charge in [-0.1, -0.05) is 0 Å². The molecule has 0 aliphatic carbocycles. The Morgan fingerprint density at radius 3 is 2.15 bits per heavy atom. The van der Waals surface area contributed by atoms with Gasteiger partial charge in [0.05, 0.1) is 4.90 Å². The zero-order valence-electron chi connectivity index (χ0n) is 15.6. The van der Waals surface area contributed by atoms with Crippen molar-refractivity contribution in [1.82, 2.24) is 19.1 Å². The minimum atomic E-state index is -3.48. The highest BCUT2D eigenvalue weighted by Gasteiger charge is 2.23. The normalized spacial score (nSPS) is 15.9. The quantitative estimate of drug-likeness (QED) is 0.772. The topological polar surface area (TPSA) is 73.8 Å². The van der Waals surface area contributed by atoms with Gasteiger partial charge in [0.25, 0.3) is 5.91 Å². The number of piperazine rings is 1. The van der Waals surface area contributed by atoms with Crippen molar-refractivity contribution in [2.75, 3.05) is 40.3 Å². The van der Waals surface area contributed by atoms with Gasteiger partial charge in [0.2, 0.25) is 10.0 Å². The fraction of sp³-hybridized carbons (Fsp3) is 0.368. The second kappa shape index (κ2) is 8.16. The Morgan fingerprint density at radius 2 is 1.59 bits per heavy atom. The molecule has 2 aromatic rings. The third kappa shape index (κ3) is 4.52. The first-order chi connectivity index (χ1) is 12.9. The smallest absolute Gasteiger partial charge is 0.253 e. The lowest BCUT2D eigenvalue weighted by atomic mass is 10.1. The molecule has 8 heteroatoms. The van der Waals surface area contributed by atoms with Crippen LogP contribution in [-0.2, 0) is 16.6 Å². The fourth-order valence-corrected chi connectivity index (χ4v) is 3.92. The van der Waals surface area contributed by atoms with Gasteiger partial charge in [-0.25, -0.2) is 12.7 Å². The van der Waals surface area contributed by atoms with E-state index in [1.165, 1.54) is 31.8 Å². The first kappa shape index (κ1) is 19.5. The van der Waals surface area contributed by atoms with Gasteiger partial charge in [0.1, 0.15) is 0 Å². The average Bonchev–Trinajstić information content (AvgIpc) is 2.69. The summed E-state index contributed by atoms with van der Waals surface area (Å²) >= 11 is 0. The second-order valence-corrected chi connectivity index (χ2v) is 8.89. The van der Waals surface area contributed by atoms with E-state index in [0.29, 0.717) is 18.7 Å². The summed E-state index contributed by atoms with van der Waals surface area (Å²) in [5.41, 5.74) is 1.72. The number of hydrogen-bond donors (Lipinski definition) is 0. The summed E-state index contributed by atoms with van der Waals surface area (Å²) in [6.07, 6.45) is 3.57. The van der Waals surface area contributed by atoms with Gasteiger partial charge in [-0.3, -0.25) is 14.7 Å². The molecule has 7 nitrogen and oxygen atoms in total. The predicted octanol–water partition coefficient (Wildman–Crippen LogP) is 1.29. The van der Waals surface area contributed by atoms with Crippen LogP contribution in [0.5, 0.6) is 0 Å². The lowest BCUT2D eigenvalue weighted by Gasteiger charge is -2.34. The molecule has 1 aliphatic heterocycles. The number of nitrogens with zero attached hydrogens (tertiary/aromatic N) is 4. The maximum absolute atomic E-state index is 12.7. The van der Waals surface area contributed by atoms with Crippen LogP contribution in [0.1, 0.15) is 15.9 Å². The molecule has 0 radical (unpaired) electrons. The maximum atomic E-state index is 12.7. The molecule has 1 amide bonds. The fourth-order valence-electron chi connectivity index (χ4n) is 3.02. The monoisotopic (exact) mass is 388 g/mol. The molecular formula is C19H24N4O3S. The minimum absolute atomic E-state index is 0.0626. The third-order valence-electron chi connectivity index (χ3n) is 4.69. The number of sulfonamides is 1. The molecule has 1 fully saturated rings. The second-order valence-electron chi connectivity index (χ2n) is 6.74. The number of carbonyl (C=O) groups excluding carboxylic acids is 1. The van der Waals surface area contributed by atoms with Crippen LogP contribution in [0.3, 0.4) is 0 Å². The Morgan fingerprint density at radius 1 is 1.00 bits per heavy atom. The number of hydrogen-bond acceptors (Lipinski definition) is 5. The molecule has 1 aromatic heterocycles. The van der Waals surface area contributed by atoms with Gasteiger partial charge in [-0.2, -0.15) is 0 Å². The summed E-state index contributed by atoms with van der Waals surface area (Å²) < 4.78 is 25.4. The highest BCUT2D eigenvalue weighted by Crippen LogP contribution is 2.16. The Balaban J connectivity index is 1.59. The predicted molar refractivity (Wildman–Crippen MR) is 103 cm³/mol. The summed E-state index contributed by atoms with van der Waals surface area (Å²) in [6, 6.07) is 10.1. The van der Waals surface area contributed by atoms with Crippen LogP contribution in [0.25, 0.3) is 0 Å². The first-order valence-corrected chi connectivity index (χ1v) is 10.2. The average molecular weight is 388 g/mol. The number of pyridine rings is 1. The highest BCUT2D eigenvalue weighted by molar-refractivity contribution is 7.89. The Kier molecular flexibility index (Phi) is 5.88. The number of benzene rings is 1. The summed E-state index contributed by atoms with van der Waals surface area (Å²) in [6.45, 7) is 3.77. The highest BCUT2D eigenvalue weighted by atomic mass is 32.2. The number of rotatable bonds is 5. The van der Waals surface area contributed by atoms with Crippen molar-refractivity contribution in [2.45, 2.75) is 11.4 Å². The van der Waals surface area contributed by atoms with Crippen LogP contribution < -0.4 is 0 Å². The van der Waals surface area contributed by atoms with Gasteiger partial charge < -0.3 is 4.90 Å². The van der Waals surface area contributed by atoms with Crippen molar-refractivity contribution in [3.8, 4) is 0 Å². The van der Waals surface area contributed by atoms with Crippen LogP contribution >= 0.6 is 0 Å². The molecule has 3 rings (SSSR count). The van der Waals surface area contributed by atoms with E-state index in [-0.39, 0.29) is 10.8 Å². The van der Waals surface area contributed by atoms with Gasteiger partial charge in [0.15, 0.2) is 0 Å². The van der Waals surface area contributed by atoms with E-state index >= 15 is 0 Å². The molecule has 0 bridgehead atoms. The summed E-state index contributed by atoms with van der Waals surface area (Å²) in [5, 5.41) is 0. The molecule has 0 saturated carbocycles. The van der Waals surface area contributed by atoms with Crippen LogP contribution in [-0.4, -0.2) is 73.7 Å². The zero-order valence-corrected chi connectivity index (χ0v) is 16.4. The molecule has 0 atom stereocenters. The van der Waals surface area contributed by atoms with Crippen molar-refractivity contribution in [3.63, 3.8) is 0 Å². The molecule has 1 aromatic carbocycles. The van der Waals surface area contributed by atoms with Crippen molar-refractivity contribution in [3.05, 3.63) is 59.9 Å². The molecular weight excluding hydrogens is 364 g/mol. The first-order valence-electron chi connectivity index (χ1n) is 8.81. The lowest BCUT2D eigenvalue weighted by molar-refractivity contribution is 0.0628. The van der Waals surface area contributed by atoms with E-state index in [2.05, 4.69) is 9.88 Å². The maximum Gasteiger partial charge on any atom is 0.253 e.